The monoisotopic (exact) mass is 520 g/mol. The molecule has 0 saturated carbocycles. The molecule has 1 N–H and O–H groups in total. The molecule has 0 radical (unpaired) electrons. The molecule has 35 heavy (non-hydrogen) atoms. The number of nitrogens with one attached hydrogen (secondary N) is 1. The van der Waals surface area contributed by atoms with E-state index in [4.69, 9.17) is 13.3 Å². The van der Waals surface area contributed by atoms with Crippen LogP contribution < -0.4 is 5.32 Å². The van der Waals surface area contributed by atoms with E-state index in [1.54, 1.807) is 6.92 Å². The van der Waals surface area contributed by atoms with Crippen molar-refractivity contribution in [3.05, 3.63) is 47.5 Å². The molecule has 3 rings (SSSR count). The van der Waals surface area contributed by atoms with Crippen molar-refractivity contribution in [2.45, 2.75) is 82.9 Å². The Morgan fingerprint density at radius 3 is 2.66 bits per heavy atom. The maximum absolute atomic E-state index is 13.3. The summed E-state index contributed by atoms with van der Waals surface area (Å²) in [5, 5.41) is 2.26. The molecule has 2 heterocycles. The van der Waals surface area contributed by atoms with Gasteiger partial charge in [0.1, 0.15) is 11.4 Å². The number of nitrogens with zero attached hydrogens (tertiary/aromatic N) is 1. The first kappa shape index (κ1) is 27.4. The van der Waals surface area contributed by atoms with Crippen LogP contribution in [0.15, 0.2) is 36.4 Å². The molecule has 2 aliphatic heterocycles. The molecular formula is C25H36N2O6SSi. The third-order valence-electron chi connectivity index (χ3n) is 5.59. The number of β-lactam (4-membered cyclic amide) rings is 1. The Morgan fingerprint density at radius 1 is 1.31 bits per heavy atom. The molecule has 10 heteroatoms. The highest BCUT2D eigenvalue weighted by molar-refractivity contribution is 7.96. The van der Waals surface area contributed by atoms with E-state index in [0.717, 1.165) is 36.0 Å². The van der Waals surface area contributed by atoms with Crippen molar-refractivity contribution in [2.75, 3.05) is 6.61 Å². The largest absolute Gasteiger partial charge is 0.434 e. The molecule has 4 unspecified atom stereocenters. The van der Waals surface area contributed by atoms with Crippen LogP contribution in [0.2, 0.25) is 19.6 Å². The Labute approximate surface area is 213 Å². The van der Waals surface area contributed by atoms with Gasteiger partial charge >= 0.3 is 5.97 Å². The van der Waals surface area contributed by atoms with Gasteiger partial charge in [-0.25, -0.2) is 4.79 Å². The Hall–Kier alpha value is -2.14. The third kappa shape index (κ3) is 7.42. The van der Waals surface area contributed by atoms with Crippen LogP contribution in [0.25, 0.3) is 0 Å². The number of rotatable bonds is 10. The van der Waals surface area contributed by atoms with Crippen molar-refractivity contribution in [1.29, 1.82) is 0 Å². The molecule has 0 aromatic heterocycles. The average molecular weight is 521 g/mol. The first-order chi connectivity index (χ1) is 16.5. The second-order valence-corrected chi connectivity index (χ2v) is 15.7. The normalized spacial score (nSPS) is 23.3. The number of ether oxygens (including phenoxy) is 2. The highest BCUT2D eigenvalue weighted by atomic mass is 32.2. The summed E-state index contributed by atoms with van der Waals surface area (Å²) in [4.78, 5) is 40.5. The van der Waals surface area contributed by atoms with Gasteiger partial charge in [-0.15, -0.1) is 0 Å². The van der Waals surface area contributed by atoms with Crippen molar-refractivity contribution in [3.8, 4) is 0 Å². The van der Waals surface area contributed by atoms with Crippen molar-refractivity contribution in [1.82, 2.24) is 10.2 Å². The van der Waals surface area contributed by atoms with Gasteiger partial charge < -0.3 is 23.6 Å². The molecule has 1 aromatic carbocycles. The van der Waals surface area contributed by atoms with E-state index in [9.17, 15) is 14.4 Å². The van der Waals surface area contributed by atoms with Gasteiger partial charge in [-0.3, -0.25) is 9.59 Å². The summed E-state index contributed by atoms with van der Waals surface area (Å²) in [5.41, 5.74) is 2.40. The zero-order valence-corrected chi connectivity index (χ0v) is 23.0. The van der Waals surface area contributed by atoms with Crippen molar-refractivity contribution in [3.63, 3.8) is 0 Å². The Kier molecular flexibility index (Phi) is 9.20. The minimum absolute atomic E-state index is 0.155. The lowest BCUT2D eigenvalue weighted by Gasteiger charge is -2.49. The highest BCUT2D eigenvalue weighted by Gasteiger charge is 2.55. The third-order valence-corrected chi connectivity index (χ3v) is 8.68. The molecule has 0 bridgehead atoms. The lowest BCUT2D eigenvalue weighted by Crippen LogP contribution is -2.73. The molecule has 2 amide bonds. The zero-order chi connectivity index (χ0) is 25.8. The van der Waals surface area contributed by atoms with Crippen LogP contribution in [0.4, 0.5) is 0 Å². The standard InChI is InChI=1S/C25H36N2O6SSi/c1-16(2)22(25(30)32-20-12-7-8-13-31-20)27-23(29)21(24(27)34-33-35(4,5)6)26-19(28)15-18-11-9-10-17(3)14-18/h9-11,14,20-22,24H,1,7-8,12-13,15H2,2-6H3,(H,26,28). The van der Waals surface area contributed by atoms with Gasteiger partial charge in [-0.05, 0) is 57.5 Å². The summed E-state index contributed by atoms with van der Waals surface area (Å²) in [6.45, 7) is 14.2. The SMILES string of the molecule is C=C(C)C(C(=O)OC1CCCCO1)N1C(=O)C(NC(=O)Cc2cccc(C)c2)C1SO[Si](C)(C)C. The summed E-state index contributed by atoms with van der Waals surface area (Å²) < 4.78 is 17.1. The number of hydrogen-bond acceptors (Lipinski definition) is 7. The van der Waals surface area contributed by atoms with Crippen LogP contribution in [0.3, 0.4) is 0 Å². The number of benzene rings is 1. The van der Waals surface area contributed by atoms with Crippen LogP contribution in [0, 0.1) is 6.92 Å². The first-order valence-corrected chi connectivity index (χ1v) is 16.2. The fraction of sp³-hybridized carbons (Fsp3) is 0.560. The molecule has 1 aromatic rings. The lowest BCUT2D eigenvalue weighted by atomic mass is 9.99. The molecule has 2 aliphatic rings. The summed E-state index contributed by atoms with van der Waals surface area (Å²) in [5.74, 6) is -1.22. The Bertz CT molecular complexity index is 960. The van der Waals surface area contributed by atoms with Crippen LogP contribution in [-0.4, -0.2) is 61.4 Å². The molecule has 8 nitrogen and oxygen atoms in total. The average Bonchev–Trinajstić information content (AvgIpc) is 2.77. The van der Waals surface area contributed by atoms with Crippen molar-refractivity contribution >= 4 is 38.1 Å². The Morgan fingerprint density at radius 2 is 2.06 bits per heavy atom. The molecule has 0 aliphatic carbocycles. The topological polar surface area (TPSA) is 94.2 Å². The minimum atomic E-state index is -1.96. The summed E-state index contributed by atoms with van der Waals surface area (Å²) >= 11 is 1.12. The fourth-order valence-corrected chi connectivity index (χ4v) is 6.13. The first-order valence-electron chi connectivity index (χ1n) is 12.0. The second kappa shape index (κ2) is 11.7. The molecule has 192 valence electrons. The quantitative estimate of drug-likeness (QED) is 0.165. The van der Waals surface area contributed by atoms with Gasteiger partial charge in [0.05, 0.1) is 13.0 Å². The predicted octanol–water partition coefficient (Wildman–Crippen LogP) is 3.70. The molecular weight excluding hydrogens is 484 g/mol. The van der Waals surface area contributed by atoms with E-state index < -0.39 is 38.0 Å². The van der Waals surface area contributed by atoms with Gasteiger partial charge in [0, 0.05) is 18.5 Å². The maximum atomic E-state index is 13.3. The molecule has 0 spiro atoms. The smallest absolute Gasteiger partial charge is 0.335 e. The van der Waals surface area contributed by atoms with Crippen molar-refractivity contribution in [2.24, 2.45) is 0 Å². The minimum Gasteiger partial charge on any atom is -0.434 e. The number of esters is 1. The summed E-state index contributed by atoms with van der Waals surface area (Å²) in [6, 6.07) is 5.88. The number of likely N-dealkylation sites (tertiary alicyclic amines) is 1. The zero-order valence-electron chi connectivity index (χ0n) is 21.2. The lowest BCUT2D eigenvalue weighted by molar-refractivity contribution is -0.194. The number of hydrogen-bond donors (Lipinski definition) is 1. The van der Waals surface area contributed by atoms with Gasteiger partial charge in [-0.2, -0.15) is 0 Å². The summed E-state index contributed by atoms with van der Waals surface area (Å²) in [6.07, 6.45) is 2.00. The highest BCUT2D eigenvalue weighted by Crippen LogP contribution is 2.36. The predicted molar refractivity (Wildman–Crippen MR) is 138 cm³/mol. The number of amides is 2. The van der Waals surface area contributed by atoms with Gasteiger partial charge in [0.2, 0.25) is 26.4 Å². The van der Waals surface area contributed by atoms with E-state index in [0.29, 0.717) is 18.6 Å². The Balaban J connectivity index is 1.74. The van der Waals surface area contributed by atoms with E-state index in [1.165, 1.54) is 4.90 Å². The molecule has 2 fully saturated rings. The molecule has 2 saturated heterocycles. The molecule has 4 atom stereocenters. The second-order valence-electron chi connectivity index (χ2n) is 10.1. The number of carbonyl (C=O) groups excluding carboxylic acids is 3. The van der Waals surface area contributed by atoms with Crippen LogP contribution >= 0.6 is 12.0 Å². The van der Waals surface area contributed by atoms with Crippen LogP contribution in [-0.2, 0) is 34.2 Å². The van der Waals surface area contributed by atoms with Crippen LogP contribution in [0.1, 0.15) is 37.3 Å². The van der Waals surface area contributed by atoms with Gasteiger partial charge in [0.15, 0.2) is 6.04 Å². The maximum Gasteiger partial charge on any atom is 0.335 e. The van der Waals surface area contributed by atoms with E-state index in [2.05, 4.69) is 11.9 Å². The van der Waals surface area contributed by atoms with Gasteiger partial charge in [0.25, 0.3) is 0 Å². The van der Waals surface area contributed by atoms with E-state index in [-0.39, 0.29) is 18.2 Å². The van der Waals surface area contributed by atoms with Crippen molar-refractivity contribution < 1.29 is 27.7 Å². The number of aryl methyl sites for hydroxylation is 1. The number of carbonyl (C=O) groups is 3. The van der Waals surface area contributed by atoms with Gasteiger partial charge in [-0.1, -0.05) is 36.4 Å². The van der Waals surface area contributed by atoms with Crippen LogP contribution in [0.5, 0.6) is 0 Å². The fourth-order valence-electron chi connectivity index (χ4n) is 3.97. The van der Waals surface area contributed by atoms with E-state index >= 15 is 0 Å². The van der Waals surface area contributed by atoms with E-state index in [1.807, 2.05) is 50.8 Å². The summed E-state index contributed by atoms with van der Waals surface area (Å²) in [7, 11) is -1.96.